The summed E-state index contributed by atoms with van der Waals surface area (Å²) in [4.78, 5) is 0. The minimum absolute atomic E-state index is 0.231. The van der Waals surface area contributed by atoms with Crippen molar-refractivity contribution in [3.63, 3.8) is 0 Å². The van der Waals surface area contributed by atoms with Crippen LogP contribution in [-0.4, -0.2) is 25.1 Å². The van der Waals surface area contributed by atoms with Crippen molar-refractivity contribution in [3.05, 3.63) is 5.21 Å². The van der Waals surface area contributed by atoms with Crippen molar-refractivity contribution < 1.29 is 5.17 Å². The predicted molar refractivity (Wildman–Crippen MR) is 35.7 cm³/mol. The average molecular weight is 130 g/mol. The molecule has 3 nitrogen and oxygen atoms in total. The summed E-state index contributed by atoms with van der Waals surface area (Å²) in [5, 5.41) is 12.9. The van der Waals surface area contributed by atoms with Gasteiger partial charge in [0.05, 0.1) is 7.05 Å². The standard InChI is InChI=1S/C6H14N2O/c1-7(9)8-5-3-2-4-6-8/h7H,2-6H2,1H3. The number of piperidine rings is 1. The zero-order chi connectivity index (χ0) is 6.69. The summed E-state index contributed by atoms with van der Waals surface area (Å²) < 4.78 is 0. The van der Waals surface area contributed by atoms with E-state index >= 15 is 0 Å². The first-order valence-electron chi connectivity index (χ1n) is 3.56. The van der Waals surface area contributed by atoms with Gasteiger partial charge in [-0.3, -0.25) is 5.17 Å². The molecular formula is C6H14N2O. The van der Waals surface area contributed by atoms with Gasteiger partial charge in [-0.2, -0.15) is 5.01 Å². The van der Waals surface area contributed by atoms with Crippen molar-refractivity contribution in [1.82, 2.24) is 5.01 Å². The predicted octanol–water partition coefficient (Wildman–Crippen LogP) is -0.600. The number of hydrogen-bond acceptors (Lipinski definition) is 2. The second-order valence-electron chi connectivity index (χ2n) is 2.57. The highest BCUT2D eigenvalue weighted by molar-refractivity contribution is 4.54. The Labute approximate surface area is 55.8 Å². The highest BCUT2D eigenvalue weighted by Gasteiger charge is 2.11. The van der Waals surface area contributed by atoms with Crippen molar-refractivity contribution in [2.75, 3.05) is 20.1 Å². The number of rotatable bonds is 1. The maximum atomic E-state index is 10.7. The minimum Gasteiger partial charge on any atom is -0.613 e. The molecule has 1 atom stereocenters. The van der Waals surface area contributed by atoms with E-state index in [9.17, 15) is 5.21 Å². The Morgan fingerprint density at radius 3 is 2.11 bits per heavy atom. The number of nitrogens with zero attached hydrogens (tertiary/aromatic N) is 1. The Hall–Kier alpha value is -0.120. The van der Waals surface area contributed by atoms with Crippen LogP contribution < -0.4 is 5.17 Å². The second kappa shape index (κ2) is 3.15. The van der Waals surface area contributed by atoms with Crippen molar-refractivity contribution in [2.24, 2.45) is 0 Å². The molecule has 0 aromatic rings. The highest BCUT2D eigenvalue weighted by atomic mass is 16.5. The molecule has 54 valence electrons. The maximum Gasteiger partial charge on any atom is 0.0841 e. The first-order chi connectivity index (χ1) is 4.30. The first kappa shape index (κ1) is 6.99. The summed E-state index contributed by atoms with van der Waals surface area (Å²) in [6, 6.07) is 0. The fraction of sp³-hybridized carbons (Fsp3) is 1.00. The molecule has 0 bridgehead atoms. The largest absolute Gasteiger partial charge is 0.613 e. The Bertz CT molecular complexity index is 79.1. The van der Waals surface area contributed by atoms with Crippen LogP contribution in [0.1, 0.15) is 19.3 Å². The number of quaternary nitrogens is 1. The molecule has 1 saturated heterocycles. The van der Waals surface area contributed by atoms with Crippen LogP contribution in [0.4, 0.5) is 0 Å². The Morgan fingerprint density at radius 1 is 1.22 bits per heavy atom. The molecule has 1 aliphatic rings. The fourth-order valence-electron chi connectivity index (χ4n) is 1.21. The van der Waals surface area contributed by atoms with E-state index in [0.29, 0.717) is 0 Å². The van der Waals surface area contributed by atoms with E-state index in [4.69, 9.17) is 0 Å². The lowest BCUT2D eigenvalue weighted by Crippen LogP contribution is -3.11. The van der Waals surface area contributed by atoms with Crippen LogP contribution in [0.25, 0.3) is 0 Å². The molecule has 9 heavy (non-hydrogen) atoms. The zero-order valence-electron chi connectivity index (χ0n) is 5.89. The van der Waals surface area contributed by atoms with Crippen molar-refractivity contribution in [1.29, 1.82) is 0 Å². The molecule has 0 aromatic heterocycles. The van der Waals surface area contributed by atoms with E-state index in [0.717, 1.165) is 13.1 Å². The van der Waals surface area contributed by atoms with E-state index in [1.54, 1.807) is 7.05 Å². The van der Waals surface area contributed by atoms with Crippen LogP contribution in [0.2, 0.25) is 0 Å². The van der Waals surface area contributed by atoms with Gasteiger partial charge in [-0.1, -0.05) is 6.42 Å². The number of hydrogen-bond donors (Lipinski definition) is 1. The average Bonchev–Trinajstić information content (AvgIpc) is 1.90. The summed E-state index contributed by atoms with van der Waals surface area (Å²) >= 11 is 0. The van der Waals surface area contributed by atoms with Gasteiger partial charge in [-0.15, -0.1) is 0 Å². The normalized spacial score (nSPS) is 26.0. The molecule has 0 radical (unpaired) electrons. The molecule has 1 heterocycles. The third-order valence-electron chi connectivity index (χ3n) is 1.80. The molecule has 3 heteroatoms. The van der Waals surface area contributed by atoms with Gasteiger partial charge in [0.2, 0.25) is 0 Å². The molecule has 1 rings (SSSR count). The molecule has 0 spiro atoms. The summed E-state index contributed by atoms with van der Waals surface area (Å²) in [6.45, 7) is 1.96. The Kier molecular flexibility index (Phi) is 2.45. The molecular weight excluding hydrogens is 116 g/mol. The van der Waals surface area contributed by atoms with E-state index < -0.39 is 0 Å². The lowest BCUT2D eigenvalue weighted by atomic mass is 10.2. The third kappa shape index (κ3) is 1.93. The first-order valence-corrected chi connectivity index (χ1v) is 3.56. The zero-order valence-corrected chi connectivity index (χ0v) is 5.89. The number of hydroxylamine groups is 1. The van der Waals surface area contributed by atoms with E-state index in [1.165, 1.54) is 19.3 Å². The van der Waals surface area contributed by atoms with Crippen LogP contribution in [-0.2, 0) is 0 Å². The quantitative estimate of drug-likeness (QED) is 0.480. The van der Waals surface area contributed by atoms with E-state index in [1.807, 2.05) is 5.01 Å². The van der Waals surface area contributed by atoms with Gasteiger partial charge in [0.1, 0.15) is 0 Å². The monoisotopic (exact) mass is 130 g/mol. The fourth-order valence-corrected chi connectivity index (χ4v) is 1.21. The Balaban J connectivity index is 2.23. The van der Waals surface area contributed by atoms with Gasteiger partial charge in [-0.25, -0.2) is 0 Å². The van der Waals surface area contributed by atoms with Crippen LogP contribution in [0, 0.1) is 5.21 Å². The van der Waals surface area contributed by atoms with Gasteiger partial charge in [-0.05, 0) is 12.8 Å². The van der Waals surface area contributed by atoms with Gasteiger partial charge in [0.25, 0.3) is 0 Å². The highest BCUT2D eigenvalue weighted by Crippen LogP contribution is 2.03. The van der Waals surface area contributed by atoms with Crippen molar-refractivity contribution >= 4 is 0 Å². The van der Waals surface area contributed by atoms with Crippen LogP contribution >= 0.6 is 0 Å². The van der Waals surface area contributed by atoms with E-state index in [-0.39, 0.29) is 5.17 Å². The summed E-state index contributed by atoms with van der Waals surface area (Å²) in [6.07, 6.45) is 3.68. The molecule has 1 fully saturated rings. The lowest BCUT2D eigenvalue weighted by molar-refractivity contribution is -0.955. The number of nitrogens with one attached hydrogen (secondary N) is 1. The minimum atomic E-state index is 0.231. The molecule has 0 aliphatic carbocycles. The van der Waals surface area contributed by atoms with Gasteiger partial charge in [0, 0.05) is 13.1 Å². The summed E-state index contributed by atoms with van der Waals surface area (Å²) in [5.74, 6) is 0. The SMILES string of the molecule is C[NH+]([O-])N1CCCCC1. The summed E-state index contributed by atoms with van der Waals surface area (Å²) in [5.41, 5.74) is 0. The second-order valence-corrected chi connectivity index (χ2v) is 2.57. The van der Waals surface area contributed by atoms with Gasteiger partial charge >= 0.3 is 0 Å². The molecule has 0 saturated carbocycles. The van der Waals surface area contributed by atoms with E-state index in [2.05, 4.69) is 0 Å². The summed E-state index contributed by atoms with van der Waals surface area (Å²) in [7, 11) is 1.64. The Morgan fingerprint density at radius 2 is 1.78 bits per heavy atom. The van der Waals surface area contributed by atoms with Crippen molar-refractivity contribution in [3.8, 4) is 0 Å². The van der Waals surface area contributed by atoms with Gasteiger partial charge in [0.15, 0.2) is 0 Å². The van der Waals surface area contributed by atoms with Crippen LogP contribution in [0.5, 0.6) is 0 Å². The van der Waals surface area contributed by atoms with Crippen LogP contribution in [0.3, 0.4) is 0 Å². The maximum absolute atomic E-state index is 10.7. The topological polar surface area (TPSA) is 30.7 Å². The molecule has 1 aliphatic heterocycles. The van der Waals surface area contributed by atoms with Gasteiger partial charge < -0.3 is 5.21 Å². The third-order valence-corrected chi connectivity index (χ3v) is 1.80. The molecule has 1 unspecified atom stereocenters. The smallest absolute Gasteiger partial charge is 0.0841 e. The molecule has 1 N–H and O–H groups in total. The van der Waals surface area contributed by atoms with Crippen molar-refractivity contribution in [2.45, 2.75) is 19.3 Å². The molecule has 0 amide bonds. The lowest BCUT2D eigenvalue weighted by Gasteiger charge is -2.32. The molecule has 0 aromatic carbocycles. The van der Waals surface area contributed by atoms with Crippen LogP contribution in [0.15, 0.2) is 0 Å².